The molecule has 1 saturated heterocycles. The van der Waals surface area contributed by atoms with Gasteiger partial charge in [-0.15, -0.1) is 0 Å². The number of benzene rings is 1. The number of ether oxygens (including phenoxy) is 1. The van der Waals surface area contributed by atoms with E-state index in [0.29, 0.717) is 25.0 Å². The van der Waals surface area contributed by atoms with E-state index in [1.807, 2.05) is 6.07 Å². The molecule has 0 aromatic heterocycles. The predicted molar refractivity (Wildman–Crippen MR) is 89.7 cm³/mol. The van der Waals surface area contributed by atoms with Crippen molar-refractivity contribution >= 4 is 0 Å². The van der Waals surface area contributed by atoms with Gasteiger partial charge in [0.25, 0.3) is 0 Å². The minimum absolute atomic E-state index is 0.0310. The van der Waals surface area contributed by atoms with Crippen molar-refractivity contribution in [3.05, 3.63) is 23.3 Å². The fourth-order valence-electron chi connectivity index (χ4n) is 6.42. The minimum Gasteiger partial charge on any atom is -0.504 e. The van der Waals surface area contributed by atoms with Gasteiger partial charge in [0.1, 0.15) is 12.3 Å². The zero-order chi connectivity index (χ0) is 17.0. The van der Waals surface area contributed by atoms with Gasteiger partial charge in [0.15, 0.2) is 11.5 Å². The second-order valence-electron chi connectivity index (χ2n) is 8.84. The molecule has 134 valence electrons. The van der Waals surface area contributed by atoms with Crippen LogP contribution in [-0.2, 0) is 11.8 Å². The Bertz CT molecular complexity index is 766. The average Bonchev–Trinajstić information content (AvgIpc) is 3.32. The molecule has 1 aromatic rings. The van der Waals surface area contributed by atoms with Crippen molar-refractivity contribution in [2.45, 2.75) is 67.9 Å². The van der Waals surface area contributed by atoms with Crippen molar-refractivity contribution in [1.29, 1.82) is 0 Å². The van der Waals surface area contributed by atoms with Crippen molar-refractivity contribution in [2.75, 3.05) is 13.1 Å². The van der Waals surface area contributed by atoms with E-state index in [2.05, 4.69) is 4.90 Å². The Morgan fingerprint density at radius 3 is 2.88 bits per heavy atom. The molecule has 6 rings (SSSR count). The summed E-state index contributed by atoms with van der Waals surface area (Å²) < 4.78 is 20.9. The smallest absolute Gasteiger partial charge is 0.165 e. The van der Waals surface area contributed by atoms with Crippen LogP contribution in [-0.4, -0.2) is 52.1 Å². The summed E-state index contributed by atoms with van der Waals surface area (Å²) in [6.45, 7) is 1.93. The Hall–Kier alpha value is -1.33. The van der Waals surface area contributed by atoms with Gasteiger partial charge < -0.3 is 14.9 Å². The molecule has 1 aromatic carbocycles. The summed E-state index contributed by atoms with van der Waals surface area (Å²) in [6, 6.07) is 3.65. The largest absolute Gasteiger partial charge is 0.504 e. The maximum Gasteiger partial charge on any atom is 0.165 e. The molecule has 2 N–H and O–H groups in total. The molecule has 2 saturated carbocycles. The maximum absolute atomic E-state index is 14.9. The Morgan fingerprint density at radius 1 is 1.24 bits per heavy atom. The molecule has 2 bridgehead atoms. The van der Waals surface area contributed by atoms with Gasteiger partial charge in [0.2, 0.25) is 0 Å². The van der Waals surface area contributed by atoms with Crippen LogP contribution in [0.25, 0.3) is 0 Å². The number of halogens is 1. The van der Waals surface area contributed by atoms with E-state index in [4.69, 9.17) is 4.74 Å². The quantitative estimate of drug-likeness (QED) is 0.864. The lowest BCUT2D eigenvalue weighted by Crippen LogP contribution is -2.76. The summed E-state index contributed by atoms with van der Waals surface area (Å²) in [5.74, 6) is 1.28. The molecule has 3 aliphatic carbocycles. The third kappa shape index (κ3) is 1.61. The van der Waals surface area contributed by atoms with Crippen LogP contribution in [0.2, 0.25) is 0 Å². The summed E-state index contributed by atoms with van der Waals surface area (Å²) in [5.41, 5.74) is 0.375. The van der Waals surface area contributed by atoms with E-state index in [0.717, 1.165) is 36.6 Å². The van der Waals surface area contributed by atoms with Gasteiger partial charge in [-0.3, -0.25) is 4.90 Å². The summed E-state index contributed by atoms with van der Waals surface area (Å²) in [6.07, 6.45) is 3.11. The second kappa shape index (κ2) is 4.49. The summed E-state index contributed by atoms with van der Waals surface area (Å²) >= 11 is 0. The van der Waals surface area contributed by atoms with Crippen molar-refractivity contribution in [3.8, 4) is 11.5 Å². The number of nitrogens with zero attached hydrogens (tertiary/aromatic N) is 1. The minimum atomic E-state index is -1.09. The predicted octanol–water partition coefficient (Wildman–Crippen LogP) is 2.29. The monoisotopic (exact) mass is 345 g/mol. The summed E-state index contributed by atoms with van der Waals surface area (Å²) in [7, 11) is 0. The molecule has 5 atom stereocenters. The number of alkyl halides is 1. The van der Waals surface area contributed by atoms with E-state index in [1.54, 1.807) is 6.07 Å². The average molecular weight is 345 g/mol. The van der Waals surface area contributed by atoms with E-state index in [9.17, 15) is 14.6 Å². The Morgan fingerprint density at radius 2 is 2.08 bits per heavy atom. The van der Waals surface area contributed by atoms with Gasteiger partial charge in [-0.2, -0.15) is 0 Å². The molecule has 2 heterocycles. The van der Waals surface area contributed by atoms with Gasteiger partial charge in [-0.25, -0.2) is 4.39 Å². The first-order valence-corrected chi connectivity index (χ1v) is 9.67. The molecule has 0 unspecified atom stereocenters. The zero-order valence-corrected chi connectivity index (χ0v) is 14.2. The number of aromatic hydroxyl groups is 1. The second-order valence-corrected chi connectivity index (χ2v) is 8.84. The lowest BCUT2D eigenvalue weighted by Gasteiger charge is -2.63. The first kappa shape index (κ1) is 14.8. The first-order valence-electron chi connectivity index (χ1n) is 9.67. The first-order chi connectivity index (χ1) is 12.0. The third-order valence-corrected chi connectivity index (χ3v) is 7.69. The summed E-state index contributed by atoms with van der Waals surface area (Å²) in [5, 5.41) is 22.3. The van der Waals surface area contributed by atoms with Crippen LogP contribution in [0.4, 0.5) is 4.39 Å². The number of rotatable bonds is 2. The van der Waals surface area contributed by atoms with Gasteiger partial charge in [0, 0.05) is 18.2 Å². The number of piperidine rings is 1. The number of phenols is 1. The van der Waals surface area contributed by atoms with Crippen LogP contribution < -0.4 is 4.74 Å². The highest BCUT2D eigenvalue weighted by molar-refractivity contribution is 5.62. The van der Waals surface area contributed by atoms with Crippen molar-refractivity contribution < 1.29 is 19.3 Å². The molecular weight excluding hydrogens is 321 g/mol. The van der Waals surface area contributed by atoms with Gasteiger partial charge in [-0.05, 0) is 62.6 Å². The van der Waals surface area contributed by atoms with Gasteiger partial charge in [0.05, 0.1) is 11.0 Å². The Balaban J connectivity index is 1.57. The van der Waals surface area contributed by atoms with Crippen LogP contribution in [0, 0.1) is 5.92 Å². The van der Waals surface area contributed by atoms with E-state index < -0.39 is 23.3 Å². The molecule has 4 nitrogen and oxygen atoms in total. The number of hydrogen-bond acceptors (Lipinski definition) is 4. The van der Waals surface area contributed by atoms with Crippen LogP contribution in [0.1, 0.15) is 43.2 Å². The van der Waals surface area contributed by atoms with E-state index in [1.165, 1.54) is 12.8 Å². The van der Waals surface area contributed by atoms with Crippen molar-refractivity contribution in [3.63, 3.8) is 0 Å². The van der Waals surface area contributed by atoms with Gasteiger partial charge in [-0.1, -0.05) is 6.07 Å². The number of aliphatic hydroxyl groups is 1. The number of hydrogen-bond donors (Lipinski definition) is 2. The molecule has 2 aliphatic heterocycles. The normalized spacial score (nSPS) is 44.3. The molecule has 25 heavy (non-hydrogen) atoms. The third-order valence-electron chi connectivity index (χ3n) is 7.69. The topological polar surface area (TPSA) is 52.9 Å². The van der Waals surface area contributed by atoms with Crippen molar-refractivity contribution in [2.24, 2.45) is 5.92 Å². The van der Waals surface area contributed by atoms with Crippen LogP contribution >= 0.6 is 0 Å². The molecule has 0 amide bonds. The Labute approximate surface area is 146 Å². The highest BCUT2D eigenvalue weighted by Crippen LogP contribution is 2.65. The summed E-state index contributed by atoms with van der Waals surface area (Å²) in [4.78, 5) is 2.46. The highest BCUT2D eigenvalue weighted by Gasteiger charge is 2.73. The molecular formula is C20H24FNO3. The van der Waals surface area contributed by atoms with E-state index >= 15 is 0 Å². The van der Waals surface area contributed by atoms with Crippen LogP contribution in [0.15, 0.2) is 12.1 Å². The lowest BCUT2D eigenvalue weighted by molar-refractivity contribution is -0.199. The molecule has 1 spiro atoms. The SMILES string of the molecule is Oc1ccc2c3c1O[C@@H]1[C@@H](F)CC[C@]4(O)[C@@H](C2)N(CC2CC2)CC[C@@]314. The fourth-order valence-corrected chi connectivity index (χ4v) is 6.42. The molecule has 3 fully saturated rings. The molecule has 0 radical (unpaired) electrons. The number of likely N-dealkylation sites (tertiary alicyclic amines) is 1. The number of phenolic OH excluding ortho intramolecular Hbond substituents is 1. The lowest BCUT2D eigenvalue weighted by atomic mass is 9.49. The molecule has 5 heteroatoms. The van der Waals surface area contributed by atoms with E-state index in [-0.39, 0.29) is 11.8 Å². The zero-order valence-electron chi connectivity index (χ0n) is 14.2. The van der Waals surface area contributed by atoms with Gasteiger partial charge >= 0.3 is 0 Å². The highest BCUT2D eigenvalue weighted by atomic mass is 19.1. The standard InChI is InChI=1S/C20H24FNO3/c21-13-5-6-20(24)15-9-12-3-4-14(23)17-16(12)19(20,18(13)25-17)7-8-22(15)10-11-1-2-11/h3-4,11,13,15,18,23-24H,1-2,5-10H2/t13-,15+,18+,19+,20-/m0/s1. The van der Waals surface area contributed by atoms with Crippen molar-refractivity contribution in [1.82, 2.24) is 4.90 Å². The van der Waals surface area contributed by atoms with Crippen LogP contribution in [0.5, 0.6) is 11.5 Å². The maximum atomic E-state index is 14.9. The fraction of sp³-hybridized carbons (Fsp3) is 0.700. The van der Waals surface area contributed by atoms with Crippen LogP contribution in [0.3, 0.4) is 0 Å². The molecule has 5 aliphatic rings. The Kier molecular flexibility index (Phi) is 2.66.